The van der Waals surface area contributed by atoms with Gasteiger partial charge in [0.05, 0.1) is 5.75 Å². The van der Waals surface area contributed by atoms with Crippen molar-refractivity contribution in [2.75, 3.05) is 25.4 Å². The largest absolute Gasteiger partial charge is 0.355 e. The van der Waals surface area contributed by atoms with Gasteiger partial charge in [-0.05, 0) is 25.0 Å². The molecule has 0 unspecified atom stereocenters. The van der Waals surface area contributed by atoms with Crippen molar-refractivity contribution in [2.45, 2.75) is 24.2 Å². The van der Waals surface area contributed by atoms with E-state index in [0.717, 1.165) is 30.8 Å². The van der Waals surface area contributed by atoms with Gasteiger partial charge in [-0.15, -0.1) is 11.8 Å². The maximum Gasteiger partial charge on any atom is 0.230 e. The first kappa shape index (κ1) is 14.9. The van der Waals surface area contributed by atoms with E-state index in [2.05, 4.69) is 5.32 Å². The number of likely N-dealkylation sites (tertiary alicyclic amines) is 1. The van der Waals surface area contributed by atoms with Gasteiger partial charge < -0.3 is 10.2 Å². The Morgan fingerprint density at radius 3 is 2.55 bits per heavy atom. The highest BCUT2D eigenvalue weighted by Gasteiger charge is 2.17. The molecule has 1 aromatic carbocycles. The summed E-state index contributed by atoms with van der Waals surface area (Å²) in [7, 11) is 0. The first-order chi connectivity index (χ1) is 9.75. The highest BCUT2D eigenvalue weighted by molar-refractivity contribution is 8.00. The molecule has 0 aromatic heterocycles. The second kappa shape index (κ2) is 7.94. The average molecular weight is 292 g/mol. The Morgan fingerprint density at radius 1 is 1.15 bits per heavy atom. The number of benzene rings is 1. The van der Waals surface area contributed by atoms with E-state index < -0.39 is 0 Å². The number of nitrogens with one attached hydrogen (secondary N) is 1. The highest BCUT2D eigenvalue weighted by atomic mass is 32.2. The monoisotopic (exact) mass is 292 g/mol. The molecule has 1 aromatic rings. The summed E-state index contributed by atoms with van der Waals surface area (Å²) < 4.78 is 0. The smallest absolute Gasteiger partial charge is 0.230 e. The number of carbonyl (C=O) groups excluding carboxylic acids is 2. The van der Waals surface area contributed by atoms with Gasteiger partial charge in [-0.25, -0.2) is 0 Å². The maximum absolute atomic E-state index is 11.8. The number of rotatable bonds is 6. The summed E-state index contributed by atoms with van der Waals surface area (Å²) in [4.78, 5) is 26.4. The number of thioether (sulfide) groups is 1. The third-order valence-corrected chi connectivity index (χ3v) is 4.24. The summed E-state index contributed by atoms with van der Waals surface area (Å²) in [6, 6.07) is 9.82. The molecule has 1 aliphatic rings. The van der Waals surface area contributed by atoms with Crippen molar-refractivity contribution in [3.05, 3.63) is 30.3 Å². The number of carbonyl (C=O) groups is 2. The van der Waals surface area contributed by atoms with Crippen LogP contribution in [0.2, 0.25) is 0 Å². The number of hydrogen-bond donors (Lipinski definition) is 1. The van der Waals surface area contributed by atoms with Crippen molar-refractivity contribution in [1.82, 2.24) is 10.2 Å². The topological polar surface area (TPSA) is 49.4 Å². The molecule has 0 bridgehead atoms. The van der Waals surface area contributed by atoms with Gasteiger partial charge in [0.2, 0.25) is 11.8 Å². The van der Waals surface area contributed by atoms with Gasteiger partial charge in [-0.1, -0.05) is 18.2 Å². The summed E-state index contributed by atoms with van der Waals surface area (Å²) in [5.41, 5.74) is 0. The van der Waals surface area contributed by atoms with Gasteiger partial charge in [0, 0.05) is 31.0 Å². The summed E-state index contributed by atoms with van der Waals surface area (Å²) in [5.74, 6) is 0.522. The first-order valence-electron chi connectivity index (χ1n) is 6.98. The quantitative estimate of drug-likeness (QED) is 0.815. The number of amides is 2. The van der Waals surface area contributed by atoms with E-state index >= 15 is 0 Å². The maximum atomic E-state index is 11.8. The van der Waals surface area contributed by atoms with Crippen LogP contribution in [0.1, 0.15) is 19.3 Å². The van der Waals surface area contributed by atoms with E-state index in [1.165, 1.54) is 11.8 Å². The Bertz CT molecular complexity index is 444. The van der Waals surface area contributed by atoms with Crippen LogP contribution in [0.4, 0.5) is 0 Å². The van der Waals surface area contributed by atoms with Crippen molar-refractivity contribution in [3.8, 4) is 0 Å². The summed E-state index contributed by atoms with van der Waals surface area (Å²) in [5, 5.41) is 2.80. The molecule has 108 valence electrons. The Balaban J connectivity index is 1.59. The number of nitrogens with zero attached hydrogens (tertiary/aromatic N) is 1. The van der Waals surface area contributed by atoms with Crippen LogP contribution in [0.3, 0.4) is 0 Å². The van der Waals surface area contributed by atoms with Crippen LogP contribution in [-0.2, 0) is 9.59 Å². The molecular formula is C15H20N2O2S. The van der Waals surface area contributed by atoms with Crippen LogP contribution in [0.25, 0.3) is 0 Å². The zero-order valence-corrected chi connectivity index (χ0v) is 12.3. The molecule has 1 heterocycles. The normalized spacial score (nSPS) is 14.3. The van der Waals surface area contributed by atoms with E-state index in [-0.39, 0.29) is 11.8 Å². The van der Waals surface area contributed by atoms with Gasteiger partial charge >= 0.3 is 0 Å². The fraction of sp³-hybridized carbons (Fsp3) is 0.467. The standard InChI is InChI=1S/C15H20N2O2S/c18-14(12-20-13-6-2-1-3-7-13)16-9-8-15(19)17-10-4-5-11-17/h1-3,6-7H,4-5,8-12H2,(H,16,18). The molecule has 0 radical (unpaired) electrons. The van der Waals surface area contributed by atoms with Gasteiger partial charge in [0.25, 0.3) is 0 Å². The molecule has 1 aliphatic heterocycles. The van der Waals surface area contributed by atoms with Crippen LogP contribution in [-0.4, -0.2) is 42.1 Å². The first-order valence-corrected chi connectivity index (χ1v) is 7.96. The summed E-state index contributed by atoms with van der Waals surface area (Å²) in [6.45, 7) is 2.18. The second-order valence-electron chi connectivity index (χ2n) is 4.79. The van der Waals surface area contributed by atoms with Gasteiger partial charge in [-0.3, -0.25) is 9.59 Å². The molecule has 2 amide bonds. The lowest BCUT2D eigenvalue weighted by atomic mass is 10.3. The Hall–Kier alpha value is -1.49. The second-order valence-corrected chi connectivity index (χ2v) is 5.84. The zero-order chi connectivity index (χ0) is 14.2. The third-order valence-electron chi connectivity index (χ3n) is 3.23. The van der Waals surface area contributed by atoms with Crippen molar-refractivity contribution in [3.63, 3.8) is 0 Å². The van der Waals surface area contributed by atoms with Crippen molar-refractivity contribution >= 4 is 23.6 Å². The Labute approximate surface area is 123 Å². The highest BCUT2D eigenvalue weighted by Crippen LogP contribution is 2.16. The minimum absolute atomic E-state index is 0.0203. The van der Waals surface area contributed by atoms with Crippen molar-refractivity contribution in [2.24, 2.45) is 0 Å². The Kier molecular flexibility index (Phi) is 5.92. The average Bonchev–Trinajstić information content (AvgIpc) is 3.00. The molecule has 5 heteroatoms. The minimum atomic E-state index is -0.0203. The molecule has 0 atom stereocenters. The van der Waals surface area contributed by atoms with Crippen LogP contribution in [0.15, 0.2) is 35.2 Å². The SMILES string of the molecule is O=C(CSc1ccccc1)NCCC(=O)N1CCCC1. The predicted molar refractivity (Wildman–Crippen MR) is 80.6 cm³/mol. The molecule has 4 nitrogen and oxygen atoms in total. The van der Waals surface area contributed by atoms with E-state index in [9.17, 15) is 9.59 Å². The van der Waals surface area contributed by atoms with Crippen LogP contribution >= 0.6 is 11.8 Å². The molecular weight excluding hydrogens is 272 g/mol. The molecule has 20 heavy (non-hydrogen) atoms. The molecule has 0 spiro atoms. The summed E-state index contributed by atoms with van der Waals surface area (Å²) >= 11 is 1.51. The fourth-order valence-corrected chi connectivity index (χ4v) is 2.90. The van der Waals surface area contributed by atoms with E-state index in [1.807, 2.05) is 35.2 Å². The molecule has 1 saturated heterocycles. The number of hydrogen-bond acceptors (Lipinski definition) is 3. The lowest BCUT2D eigenvalue weighted by Gasteiger charge is -2.15. The third kappa shape index (κ3) is 4.89. The molecule has 0 saturated carbocycles. The van der Waals surface area contributed by atoms with Crippen molar-refractivity contribution < 1.29 is 9.59 Å². The predicted octanol–water partition coefficient (Wildman–Crippen LogP) is 1.91. The van der Waals surface area contributed by atoms with Gasteiger partial charge in [0.15, 0.2) is 0 Å². The van der Waals surface area contributed by atoms with Crippen molar-refractivity contribution in [1.29, 1.82) is 0 Å². The van der Waals surface area contributed by atoms with Crippen LogP contribution < -0.4 is 5.32 Å². The molecule has 2 rings (SSSR count). The van der Waals surface area contributed by atoms with E-state index in [0.29, 0.717) is 18.7 Å². The lowest BCUT2D eigenvalue weighted by molar-refractivity contribution is -0.130. The van der Waals surface area contributed by atoms with Crippen LogP contribution in [0, 0.1) is 0 Å². The molecule has 0 aliphatic carbocycles. The Morgan fingerprint density at radius 2 is 1.85 bits per heavy atom. The summed E-state index contributed by atoms with van der Waals surface area (Å²) in [6.07, 6.45) is 2.61. The lowest BCUT2D eigenvalue weighted by Crippen LogP contribution is -2.33. The van der Waals surface area contributed by atoms with E-state index in [1.54, 1.807) is 0 Å². The zero-order valence-electron chi connectivity index (χ0n) is 11.5. The van der Waals surface area contributed by atoms with Crippen LogP contribution in [0.5, 0.6) is 0 Å². The fourth-order valence-electron chi connectivity index (χ4n) is 2.15. The van der Waals surface area contributed by atoms with E-state index in [4.69, 9.17) is 0 Å². The molecule has 1 N–H and O–H groups in total. The van der Waals surface area contributed by atoms with Gasteiger partial charge in [0.1, 0.15) is 0 Å². The minimum Gasteiger partial charge on any atom is -0.355 e. The molecule has 1 fully saturated rings. The van der Waals surface area contributed by atoms with Gasteiger partial charge in [-0.2, -0.15) is 0 Å².